The van der Waals surface area contributed by atoms with Gasteiger partial charge in [-0.3, -0.25) is 0 Å². The number of rotatable bonds is 1. The van der Waals surface area contributed by atoms with Crippen LogP contribution < -0.4 is 0 Å². The quantitative estimate of drug-likeness (QED) is 0.691. The predicted molar refractivity (Wildman–Crippen MR) is 60.7 cm³/mol. The van der Waals surface area contributed by atoms with E-state index in [9.17, 15) is 0 Å². The molecule has 0 nitrogen and oxygen atoms in total. The van der Waals surface area contributed by atoms with E-state index in [0.717, 1.165) is 6.42 Å². The van der Waals surface area contributed by atoms with Crippen LogP contribution in [0.25, 0.3) is 6.08 Å². The molecule has 1 aromatic carbocycles. The van der Waals surface area contributed by atoms with Gasteiger partial charge in [0.2, 0.25) is 0 Å². The van der Waals surface area contributed by atoms with Crippen molar-refractivity contribution in [3.63, 3.8) is 0 Å². The average molecular weight is 237 g/mol. The van der Waals surface area contributed by atoms with Gasteiger partial charge in [0.15, 0.2) is 0 Å². The van der Waals surface area contributed by atoms with E-state index in [-0.39, 0.29) is 0 Å². The fraction of sp³-hybridized carbons (Fsp3) is 0.333. The summed E-state index contributed by atoms with van der Waals surface area (Å²) in [6, 6.07) is 6.52. The molecule has 0 saturated heterocycles. The van der Waals surface area contributed by atoms with E-state index in [1.807, 2.05) is 0 Å². The first-order valence-corrected chi connectivity index (χ1v) is 5.45. The normalized spacial score (nSPS) is 14.6. The molecule has 0 bridgehead atoms. The van der Waals surface area contributed by atoms with Crippen molar-refractivity contribution in [2.24, 2.45) is 5.92 Å². The minimum Gasteiger partial charge on any atom is -0.0626 e. The fourth-order valence-corrected chi connectivity index (χ4v) is 2.12. The van der Waals surface area contributed by atoms with Gasteiger partial charge in [0.1, 0.15) is 0 Å². The standard InChI is InChI=1S/C12H13Br/c1-8(2)10-5-9-3-4-12(13)7-11(9)6-10/h3-5,7-8H,6H2,1-2H3. The van der Waals surface area contributed by atoms with Crippen molar-refractivity contribution >= 4 is 22.0 Å². The smallest absolute Gasteiger partial charge is 0.0178 e. The van der Waals surface area contributed by atoms with Gasteiger partial charge in [-0.05, 0) is 35.6 Å². The first-order valence-electron chi connectivity index (χ1n) is 4.65. The van der Waals surface area contributed by atoms with Crippen molar-refractivity contribution in [1.29, 1.82) is 0 Å². The molecule has 0 amide bonds. The SMILES string of the molecule is CC(C)C1=Cc2ccc(Br)cc2C1. The van der Waals surface area contributed by atoms with Gasteiger partial charge in [-0.15, -0.1) is 0 Å². The predicted octanol–water partition coefficient (Wildman–Crippen LogP) is 4.04. The summed E-state index contributed by atoms with van der Waals surface area (Å²) in [5.74, 6) is 0.672. The number of hydrogen-bond acceptors (Lipinski definition) is 0. The van der Waals surface area contributed by atoms with Gasteiger partial charge in [-0.1, -0.05) is 47.5 Å². The third-order valence-corrected chi connectivity index (χ3v) is 3.08. The minimum absolute atomic E-state index is 0.672. The number of fused-ring (bicyclic) bond motifs is 1. The lowest BCUT2D eigenvalue weighted by atomic mass is 10.0. The summed E-state index contributed by atoms with van der Waals surface area (Å²) in [4.78, 5) is 0. The topological polar surface area (TPSA) is 0 Å². The van der Waals surface area contributed by atoms with Gasteiger partial charge in [0.05, 0.1) is 0 Å². The monoisotopic (exact) mass is 236 g/mol. The lowest BCUT2D eigenvalue weighted by Gasteiger charge is -2.04. The number of halogens is 1. The molecule has 0 unspecified atom stereocenters. The molecule has 13 heavy (non-hydrogen) atoms. The van der Waals surface area contributed by atoms with Crippen molar-refractivity contribution in [1.82, 2.24) is 0 Å². The van der Waals surface area contributed by atoms with Gasteiger partial charge in [0, 0.05) is 4.47 Å². The maximum absolute atomic E-state index is 3.50. The van der Waals surface area contributed by atoms with E-state index < -0.39 is 0 Å². The summed E-state index contributed by atoms with van der Waals surface area (Å²) in [5.41, 5.74) is 4.40. The summed E-state index contributed by atoms with van der Waals surface area (Å²) in [6.45, 7) is 4.51. The Morgan fingerprint density at radius 3 is 2.77 bits per heavy atom. The van der Waals surface area contributed by atoms with Crippen molar-refractivity contribution < 1.29 is 0 Å². The maximum atomic E-state index is 3.50. The largest absolute Gasteiger partial charge is 0.0626 e. The third-order valence-electron chi connectivity index (χ3n) is 2.58. The zero-order chi connectivity index (χ0) is 9.42. The Labute approximate surface area is 87.8 Å². The summed E-state index contributed by atoms with van der Waals surface area (Å²) < 4.78 is 1.18. The molecule has 0 heterocycles. The van der Waals surface area contributed by atoms with Crippen LogP contribution in [-0.4, -0.2) is 0 Å². The highest BCUT2D eigenvalue weighted by atomic mass is 79.9. The molecule has 0 aromatic heterocycles. The van der Waals surface area contributed by atoms with Crippen LogP contribution in [0.4, 0.5) is 0 Å². The second-order valence-corrected chi connectivity index (χ2v) is 4.81. The van der Waals surface area contributed by atoms with Gasteiger partial charge in [0.25, 0.3) is 0 Å². The molecule has 2 rings (SSSR count). The van der Waals surface area contributed by atoms with Crippen LogP contribution in [0.15, 0.2) is 28.2 Å². The molecule has 0 N–H and O–H groups in total. The first kappa shape index (κ1) is 9.01. The van der Waals surface area contributed by atoms with E-state index in [1.165, 1.54) is 15.6 Å². The maximum Gasteiger partial charge on any atom is 0.0178 e. The van der Waals surface area contributed by atoms with Gasteiger partial charge >= 0.3 is 0 Å². The molecule has 1 aliphatic rings. The van der Waals surface area contributed by atoms with Crippen LogP contribution in [0, 0.1) is 5.92 Å². The zero-order valence-corrected chi connectivity index (χ0v) is 9.56. The van der Waals surface area contributed by atoms with Crippen LogP contribution >= 0.6 is 15.9 Å². The zero-order valence-electron chi connectivity index (χ0n) is 7.97. The second-order valence-electron chi connectivity index (χ2n) is 3.89. The number of benzene rings is 1. The lowest BCUT2D eigenvalue weighted by Crippen LogP contribution is -1.92. The van der Waals surface area contributed by atoms with Crippen molar-refractivity contribution in [3.8, 4) is 0 Å². The first-order chi connectivity index (χ1) is 6.16. The molecule has 68 valence electrons. The summed E-state index contributed by atoms with van der Waals surface area (Å²) in [7, 11) is 0. The fourth-order valence-electron chi connectivity index (χ4n) is 1.71. The van der Waals surface area contributed by atoms with E-state index in [0.29, 0.717) is 5.92 Å². The lowest BCUT2D eigenvalue weighted by molar-refractivity contribution is 0.754. The molecular weight excluding hydrogens is 224 g/mol. The van der Waals surface area contributed by atoms with Crippen molar-refractivity contribution in [2.75, 3.05) is 0 Å². The average Bonchev–Trinajstić information content (AvgIpc) is 2.46. The Morgan fingerprint density at radius 2 is 2.08 bits per heavy atom. The van der Waals surface area contributed by atoms with E-state index in [2.05, 4.69) is 54.1 Å². The Hall–Kier alpha value is -0.560. The summed E-state index contributed by atoms with van der Waals surface area (Å²) in [6.07, 6.45) is 3.46. The van der Waals surface area contributed by atoms with Crippen LogP contribution in [-0.2, 0) is 6.42 Å². The third kappa shape index (κ3) is 1.71. The molecule has 1 heteroatoms. The number of hydrogen-bond donors (Lipinski definition) is 0. The highest BCUT2D eigenvalue weighted by Gasteiger charge is 2.14. The molecule has 0 radical (unpaired) electrons. The van der Waals surface area contributed by atoms with Crippen LogP contribution in [0.1, 0.15) is 25.0 Å². The van der Waals surface area contributed by atoms with Crippen LogP contribution in [0.5, 0.6) is 0 Å². The molecule has 0 fully saturated rings. The molecule has 0 aliphatic heterocycles. The Bertz CT molecular complexity index is 361. The number of allylic oxidation sites excluding steroid dienone is 1. The van der Waals surface area contributed by atoms with Gasteiger partial charge < -0.3 is 0 Å². The van der Waals surface area contributed by atoms with E-state index in [4.69, 9.17) is 0 Å². The second kappa shape index (κ2) is 3.30. The Kier molecular flexibility index (Phi) is 2.29. The minimum atomic E-state index is 0.672. The van der Waals surface area contributed by atoms with E-state index in [1.54, 1.807) is 5.57 Å². The summed E-state index contributed by atoms with van der Waals surface area (Å²) >= 11 is 3.50. The Balaban J connectivity index is 2.36. The molecule has 1 aliphatic carbocycles. The molecule has 0 spiro atoms. The van der Waals surface area contributed by atoms with Gasteiger partial charge in [-0.2, -0.15) is 0 Å². The highest BCUT2D eigenvalue weighted by Crippen LogP contribution is 2.30. The van der Waals surface area contributed by atoms with Crippen molar-refractivity contribution in [2.45, 2.75) is 20.3 Å². The molecule has 0 atom stereocenters. The van der Waals surface area contributed by atoms with E-state index >= 15 is 0 Å². The molecule has 0 saturated carbocycles. The van der Waals surface area contributed by atoms with Gasteiger partial charge in [-0.25, -0.2) is 0 Å². The van der Waals surface area contributed by atoms with Crippen LogP contribution in [0.2, 0.25) is 0 Å². The summed E-state index contributed by atoms with van der Waals surface area (Å²) in [5, 5.41) is 0. The highest BCUT2D eigenvalue weighted by molar-refractivity contribution is 9.10. The Morgan fingerprint density at radius 1 is 1.31 bits per heavy atom. The van der Waals surface area contributed by atoms with Crippen LogP contribution in [0.3, 0.4) is 0 Å². The van der Waals surface area contributed by atoms with Crippen molar-refractivity contribution in [3.05, 3.63) is 39.4 Å². The molecular formula is C12H13Br. The molecule has 1 aromatic rings.